The van der Waals surface area contributed by atoms with E-state index in [0.29, 0.717) is 18.7 Å². The van der Waals surface area contributed by atoms with Crippen molar-refractivity contribution in [2.24, 2.45) is 0 Å². The van der Waals surface area contributed by atoms with Crippen LogP contribution in [0.5, 0.6) is 0 Å². The second kappa shape index (κ2) is 9.77. The van der Waals surface area contributed by atoms with Crippen molar-refractivity contribution in [1.29, 1.82) is 0 Å². The van der Waals surface area contributed by atoms with Crippen LogP contribution in [0.25, 0.3) is 0 Å². The average molecular weight is 301 g/mol. The molecule has 0 fully saturated rings. The van der Waals surface area contributed by atoms with Crippen molar-refractivity contribution in [2.75, 3.05) is 19.8 Å². The number of hydrogen-bond acceptors (Lipinski definition) is 4. The highest BCUT2D eigenvalue weighted by Gasteiger charge is 2.14. The molecule has 1 atom stereocenters. The maximum Gasteiger partial charge on any atom is 0.488 e. The first-order valence-electron chi connectivity index (χ1n) is 6.44. The number of carbonyl (C=O) groups excluding carboxylic acids is 1. The highest BCUT2D eigenvalue weighted by Crippen LogP contribution is 2.14. The second-order valence-corrected chi connectivity index (χ2v) is 4.58. The van der Waals surface area contributed by atoms with Crippen molar-refractivity contribution in [3.63, 3.8) is 0 Å². The Bertz CT molecular complexity index is 407. The lowest BCUT2D eigenvalue weighted by Crippen LogP contribution is -2.36. The van der Waals surface area contributed by atoms with Crippen LogP contribution in [0.1, 0.15) is 25.3 Å². The smallest absolute Gasteiger partial charge is 0.423 e. The van der Waals surface area contributed by atoms with Gasteiger partial charge < -0.3 is 20.3 Å². The zero-order valence-electron chi connectivity index (χ0n) is 11.8. The summed E-state index contributed by atoms with van der Waals surface area (Å²) in [6, 6.07) is 7.13. The molecule has 0 heterocycles. The van der Waals surface area contributed by atoms with Gasteiger partial charge in [0.15, 0.2) is 0 Å². The van der Waals surface area contributed by atoms with Gasteiger partial charge in [-0.1, -0.05) is 38.1 Å². The Morgan fingerprint density at radius 2 is 2.15 bits per heavy atom. The number of hydrogen-bond donors (Lipinski definition) is 3. The number of amides is 1. The zero-order chi connectivity index (χ0) is 14.3. The molecule has 0 saturated carbocycles. The fourth-order valence-corrected chi connectivity index (χ4v) is 1.88. The molecule has 20 heavy (non-hydrogen) atoms. The molecule has 1 unspecified atom stereocenters. The number of halogens is 1. The van der Waals surface area contributed by atoms with Crippen molar-refractivity contribution in [2.45, 2.75) is 19.8 Å². The Kier molecular flexibility index (Phi) is 9.24. The summed E-state index contributed by atoms with van der Waals surface area (Å²) in [5, 5.41) is 21.4. The minimum Gasteiger partial charge on any atom is -0.423 e. The Morgan fingerprint density at radius 1 is 1.45 bits per heavy atom. The van der Waals surface area contributed by atoms with Gasteiger partial charge in [0, 0.05) is 6.54 Å². The molecule has 0 saturated heterocycles. The maximum atomic E-state index is 11.0. The van der Waals surface area contributed by atoms with E-state index in [9.17, 15) is 4.79 Å². The zero-order valence-corrected chi connectivity index (χ0v) is 12.6. The topological polar surface area (TPSA) is 72.8 Å². The van der Waals surface area contributed by atoms with E-state index in [-0.39, 0.29) is 18.3 Å². The lowest BCUT2D eigenvalue weighted by molar-refractivity contribution is -0.118. The van der Waals surface area contributed by atoms with Crippen LogP contribution in [-0.2, 0) is 4.79 Å². The van der Waals surface area contributed by atoms with E-state index in [1.165, 1.54) is 0 Å². The molecule has 0 bridgehead atoms. The first-order chi connectivity index (χ1) is 9.08. The van der Waals surface area contributed by atoms with Crippen molar-refractivity contribution in [3.05, 3.63) is 29.8 Å². The third kappa shape index (κ3) is 5.92. The molecule has 1 rings (SSSR count). The van der Waals surface area contributed by atoms with E-state index in [2.05, 4.69) is 5.32 Å². The monoisotopic (exact) mass is 300 g/mol. The van der Waals surface area contributed by atoms with Crippen molar-refractivity contribution in [1.82, 2.24) is 10.2 Å². The van der Waals surface area contributed by atoms with Crippen LogP contribution in [0.15, 0.2) is 24.3 Å². The van der Waals surface area contributed by atoms with Gasteiger partial charge in [0.05, 0.1) is 6.67 Å². The van der Waals surface area contributed by atoms with Crippen molar-refractivity contribution in [3.8, 4) is 0 Å². The quantitative estimate of drug-likeness (QED) is 0.357. The third-order valence-corrected chi connectivity index (χ3v) is 3.00. The number of nitrogens with zero attached hydrogens (tertiary/aromatic N) is 1. The Balaban J connectivity index is 0.00000361. The molecule has 1 amide bonds. The van der Waals surface area contributed by atoms with Crippen LogP contribution < -0.4 is 10.8 Å². The van der Waals surface area contributed by atoms with E-state index in [4.69, 9.17) is 10.0 Å². The molecule has 5 nitrogen and oxygen atoms in total. The molecule has 1 aromatic rings. The second-order valence-electron chi connectivity index (χ2n) is 4.58. The number of benzene rings is 1. The molecular formula is C13H22BClN2O3. The van der Waals surface area contributed by atoms with E-state index in [1.807, 2.05) is 19.9 Å². The average Bonchev–Trinajstić information content (AvgIpc) is 2.43. The molecule has 0 radical (unpaired) electrons. The van der Waals surface area contributed by atoms with Gasteiger partial charge in [-0.15, -0.1) is 12.4 Å². The highest BCUT2D eigenvalue weighted by atomic mass is 35.5. The van der Waals surface area contributed by atoms with Gasteiger partial charge in [-0.05, 0) is 23.5 Å². The Hall–Kier alpha value is -1.08. The largest absolute Gasteiger partial charge is 0.488 e. The Labute approximate surface area is 126 Å². The molecular weight excluding hydrogens is 278 g/mol. The summed E-state index contributed by atoms with van der Waals surface area (Å²) >= 11 is 0. The van der Waals surface area contributed by atoms with Gasteiger partial charge in [0.1, 0.15) is 0 Å². The predicted octanol–water partition coefficient (Wildman–Crippen LogP) is -0.0829. The minimum absolute atomic E-state index is 0. The first-order valence-corrected chi connectivity index (χ1v) is 6.44. The Morgan fingerprint density at radius 3 is 2.70 bits per heavy atom. The van der Waals surface area contributed by atoms with Gasteiger partial charge in [0.2, 0.25) is 6.41 Å². The van der Waals surface area contributed by atoms with Crippen molar-refractivity contribution >= 4 is 31.4 Å². The van der Waals surface area contributed by atoms with E-state index in [1.54, 1.807) is 23.1 Å². The number of carbonyl (C=O) groups is 1. The lowest BCUT2D eigenvalue weighted by Gasteiger charge is -2.22. The first kappa shape index (κ1) is 18.9. The van der Waals surface area contributed by atoms with Crippen LogP contribution in [-0.4, -0.2) is 48.2 Å². The summed E-state index contributed by atoms with van der Waals surface area (Å²) in [7, 11) is -1.46. The standard InChI is InChI=1S/C13H21BN2O3.ClH/c1-3-15-9-16(10-17)8-11(2)12-5-4-6-13(7-12)14(18)19;/h4-7,10-11,15,18-19H,3,8-9H2,1-2H3;1H. The summed E-state index contributed by atoms with van der Waals surface area (Å²) in [5.41, 5.74) is 1.45. The molecule has 7 heteroatoms. The van der Waals surface area contributed by atoms with Gasteiger partial charge in [0.25, 0.3) is 0 Å². The van der Waals surface area contributed by atoms with E-state index >= 15 is 0 Å². The normalized spacial score (nSPS) is 11.4. The van der Waals surface area contributed by atoms with Gasteiger partial charge in [-0.25, -0.2) is 0 Å². The fourth-order valence-electron chi connectivity index (χ4n) is 1.88. The molecule has 0 aromatic heterocycles. The summed E-state index contributed by atoms with van der Waals surface area (Å²) in [5.74, 6) is 0.127. The number of nitrogens with one attached hydrogen (secondary N) is 1. The SMILES string of the molecule is CCNCN(C=O)CC(C)c1cccc(B(O)O)c1.Cl. The van der Waals surface area contributed by atoms with Crippen LogP contribution in [0.2, 0.25) is 0 Å². The molecule has 0 aliphatic carbocycles. The van der Waals surface area contributed by atoms with E-state index in [0.717, 1.165) is 18.5 Å². The summed E-state index contributed by atoms with van der Waals surface area (Å²) < 4.78 is 0. The molecule has 0 aliphatic heterocycles. The summed E-state index contributed by atoms with van der Waals surface area (Å²) in [6.07, 6.45) is 0.823. The molecule has 3 N–H and O–H groups in total. The van der Waals surface area contributed by atoms with E-state index < -0.39 is 7.12 Å². The molecule has 112 valence electrons. The lowest BCUT2D eigenvalue weighted by atomic mass is 9.78. The summed E-state index contributed by atoms with van der Waals surface area (Å²) in [4.78, 5) is 12.6. The molecule has 0 aliphatic rings. The van der Waals surface area contributed by atoms with Gasteiger partial charge >= 0.3 is 7.12 Å². The van der Waals surface area contributed by atoms with Gasteiger partial charge in [-0.3, -0.25) is 4.79 Å². The van der Waals surface area contributed by atoms with Crippen LogP contribution in [0.3, 0.4) is 0 Å². The van der Waals surface area contributed by atoms with Crippen LogP contribution >= 0.6 is 12.4 Å². The molecule has 0 spiro atoms. The van der Waals surface area contributed by atoms with Gasteiger partial charge in [-0.2, -0.15) is 0 Å². The maximum absolute atomic E-state index is 11.0. The van der Waals surface area contributed by atoms with Crippen molar-refractivity contribution < 1.29 is 14.8 Å². The highest BCUT2D eigenvalue weighted by molar-refractivity contribution is 6.58. The fraction of sp³-hybridized carbons (Fsp3) is 0.462. The molecule has 1 aromatic carbocycles. The van der Waals surface area contributed by atoms with Crippen LogP contribution in [0.4, 0.5) is 0 Å². The predicted molar refractivity (Wildman–Crippen MR) is 83.2 cm³/mol. The van der Waals surface area contributed by atoms with Crippen LogP contribution in [0, 0.1) is 0 Å². The number of rotatable bonds is 8. The minimum atomic E-state index is -1.46. The summed E-state index contributed by atoms with van der Waals surface area (Å²) in [6.45, 7) is 5.91. The third-order valence-electron chi connectivity index (χ3n) is 3.00.